The molecule has 1 heterocycles. The number of anilines is 1. The van der Waals surface area contributed by atoms with E-state index in [0.29, 0.717) is 11.5 Å². The predicted octanol–water partition coefficient (Wildman–Crippen LogP) is 1.92. The number of aromatic nitrogens is 3. The minimum absolute atomic E-state index is 0.273. The summed E-state index contributed by atoms with van der Waals surface area (Å²) in [6, 6.07) is 7.46. The highest BCUT2D eigenvalue weighted by Crippen LogP contribution is 2.24. The van der Waals surface area contributed by atoms with Gasteiger partial charge in [0.25, 0.3) is 0 Å². The average Bonchev–Trinajstić information content (AvgIpc) is 2.46. The van der Waals surface area contributed by atoms with Gasteiger partial charge in [-0.05, 0) is 17.7 Å². The van der Waals surface area contributed by atoms with Crippen LogP contribution in [0.3, 0.4) is 0 Å². The van der Waals surface area contributed by atoms with Crippen LogP contribution in [0.2, 0.25) is 0 Å². The first-order chi connectivity index (χ1) is 10.4. The maximum absolute atomic E-state index is 11.3. The van der Waals surface area contributed by atoms with E-state index >= 15 is 0 Å². The standard InChI is InChI=1S/C15H19N5O2/c1-15(2,3)12-13(17-14(21)20-18-12)19-16-9-10-6-5-7-11(8-10)22-4/h5-9H,1-4H3,(H2,17,19,20,21)/b16-9+. The minimum atomic E-state index is -0.521. The Kier molecular flexibility index (Phi) is 4.55. The maximum atomic E-state index is 11.3. The van der Waals surface area contributed by atoms with Crippen LogP contribution in [0.1, 0.15) is 32.0 Å². The number of nitrogens with one attached hydrogen (secondary N) is 2. The molecule has 0 atom stereocenters. The molecule has 1 aromatic carbocycles. The molecule has 2 N–H and O–H groups in total. The van der Waals surface area contributed by atoms with Gasteiger partial charge in [-0.3, -0.25) is 5.43 Å². The van der Waals surface area contributed by atoms with Crippen molar-refractivity contribution in [3.8, 4) is 5.75 Å². The number of nitrogens with zero attached hydrogens (tertiary/aromatic N) is 3. The molecule has 0 aliphatic rings. The summed E-state index contributed by atoms with van der Waals surface area (Å²) in [5.41, 5.74) is 3.48. The molecule has 22 heavy (non-hydrogen) atoms. The van der Waals surface area contributed by atoms with E-state index in [1.54, 1.807) is 13.3 Å². The molecule has 0 saturated heterocycles. The summed E-state index contributed by atoms with van der Waals surface area (Å²) in [7, 11) is 1.61. The van der Waals surface area contributed by atoms with Gasteiger partial charge in [-0.25, -0.2) is 9.89 Å². The summed E-state index contributed by atoms with van der Waals surface area (Å²) in [5, 5.41) is 10.5. The summed E-state index contributed by atoms with van der Waals surface area (Å²) < 4.78 is 5.15. The zero-order valence-electron chi connectivity index (χ0n) is 13.0. The van der Waals surface area contributed by atoms with Gasteiger partial charge in [-0.2, -0.15) is 15.2 Å². The monoisotopic (exact) mass is 301 g/mol. The lowest BCUT2D eigenvalue weighted by molar-refractivity contribution is 0.415. The molecule has 7 nitrogen and oxygen atoms in total. The number of rotatable bonds is 4. The summed E-state index contributed by atoms with van der Waals surface area (Å²) >= 11 is 0. The highest BCUT2D eigenvalue weighted by molar-refractivity contribution is 5.80. The molecule has 2 aromatic rings. The van der Waals surface area contributed by atoms with E-state index in [1.807, 2.05) is 45.0 Å². The van der Waals surface area contributed by atoms with Crippen molar-refractivity contribution < 1.29 is 4.74 Å². The second-order valence-corrected chi connectivity index (χ2v) is 5.73. The number of hydrogen-bond acceptors (Lipinski definition) is 6. The average molecular weight is 301 g/mol. The fraction of sp³-hybridized carbons (Fsp3) is 0.333. The molecule has 7 heteroatoms. The number of aromatic amines is 1. The van der Waals surface area contributed by atoms with E-state index in [-0.39, 0.29) is 5.41 Å². The number of hydrazone groups is 1. The van der Waals surface area contributed by atoms with Crippen LogP contribution in [0.15, 0.2) is 34.2 Å². The molecular formula is C15H19N5O2. The zero-order chi connectivity index (χ0) is 16.2. The molecule has 116 valence electrons. The second-order valence-electron chi connectivity index (χ2n) is 5.73. The predicted molar refractivity (Wildman–Crippen MR) is 85.6 cm³/mol. The van der Waals surface area contributed by atoms with E-state index in [0.717, 1.165) is 11.3 Å². The third kappa shape index (κ3) is 3.91. The third-order valence-electron chi connectivity index (χ3n) is 2.89. The van der Waals surface area contributed by atoms with Crippen molar-refractivity contribution in [2.75, 3.05) is 12.5 Å². The van der Waals surface area contributed by atoms with Crippen LogP contribution < -0.4 is 15.9 Å². The highest BCUT2D eigenvalue weighted by atomic mass is 16.5. The highest BCUT2D eigenvalue weighted by Gasteiger charge is 2.21. The lowest BCUT2D eigenvalue weighted by Gasteiger charge is -2.18. The Morgan fingerprint density at radius 3 is 2.82 bits per heavy atom. The van der Waals surface area contributed by atoms with Crippen molar-refractivity contribution in [2.45, 2.75) is 26.2 Å². The largest absolute Gasteiger partial charge is 0.497 e. The van der Waals surface area contributed by atoms with Crippen molar-refractivity contribution in [1.29, 1.82) is 0 Å². The number of benzene rings is 1. The van der Waals surface area contributed by atoms with Gasteiger partial charge in [0.05, 0.1) is 13.3 Å². The molecule has 2 rings (SSSR count). The molecule has 0 fully saturated rings. The molecule has 0 aliphatic heterocycles. The summed E-state index contributed by atoms with van der Waals surface area (Å²) in [4.78, 5) is 15.2. The van der Waals surface area contributed by atoms with Gasteiger partial charge in [-0.15, -0.1) is 0 Å². The van der Waals surface area contributed by atoms with Gasteiger partial charge in [0.1, 0.15) is 11.4 Å². The van der Waals surface area contributed by atoms with Crippen molar-refractivity contribution in [2.24, 2.45) is 5.10 Å². The Morgan fingerprint density at radius 1 is 1.36 bits per heavy atom. The van der Waals surface area contributed by atoms with E-state index in [9.17, 15) is 4.79 Å². The van der Waals surface area contributed by atoms with Gasteiger partial charge in [0, 0.05) is 5.41 Å². The summed E-state index contributed by atoms with van der Waals surface area (Å²) in [5.74, 6) is 1.09. The van der Waals surface area contributed by atoms with Gasteiger partial charge in [0.15, 0.2) is 5.82 Å². The normalized spacial score (nSPS) is 11.6. The van der Waals surface area contributed by atoms with Crippen LogP contribution in [0.4, 0.5) is 5.82 Å². The molecule has 0 amide bonds. The van der Waals surface area contributed by atoms with E-state index in [1.165, 1.54) is 0 Å². The molecule has 0 unspecified atom stereocenters. The first-order valence-electron chi connectivity index (χ1n) is 6.80. The van der Waals surface area contributed by atoms with E-state index in [2.05, 4.69) is 25.7 Å². The molecule has 0 aliphatic carbocycles. The number of hydrogen-bond donors (Lipinski definition) is 2. The van der Waals surface area contributed by atoms with Crippen LogP contribution in [0.25, 0.3) is 0 Å². The van der Waals surface area contributed by atoms with Crippen molar-refractivity contribution >= 4 is 12.0 Å². The van der Waals surface area contributed by atoms with Crippen LogP contribution in [0, 0.1) is 0 Å². The smallest absolute Gasteiger partial charge is 0.363 e. The van der Waals surface area contributed by atoms with Crippen LogP contribution >= 0.6 is 0 Å². The van der Waals surface area contributed by atoms with Crippen LogP contribution in [-0.4, -0.2) is 28.5 Å². The lowest BCUT2D eigenvalue weighted by atomic mass is 9.92. The third-order valence-corrected chi connectivity index (χ3v) is 2.89. The van der Waals surface area contributed by atoms with Crippen molar-refractivity contribution in [3.05, 3.63) is 46.0 Å². The molecular weight excluding hydrogens is 282 g/mol. The SMILES string of the molecule is COc1cccc(/C=N/Nc2nc(=O)[nH]nc2C(C)(C)C)c1. The zero-order valence-corrected chi connectivity index (χ0v) is 13.0. The molecule has 0 radical (unpaired) electrons. The van der Waals surface area contributed by atoms with Gasteiger partial charge >= 0.3 is 5.69 Å². The molecule has 0 saturated carbocycles. The topological polar surface area (TPSA) is 92.3 Å². The Morgan fingerprint density at radius 2 is 2.14 bits per heavy atom. The first-order valence-corrected chi connectivity index (χ1v) is 6.80. The van der Waals surface area contributed by atoms with E-state index < -0.39 is 5.69 Å². The first kappa shape index (κ1) is 15.7. The summed E-state index contributed by atoms with van der Waals surface area (Å²) in [6.07, 6.45) is 1.62. The van der Waals surface area contributed by atoms with Crippen molar-refractivity contribution in [3.63, 3.8) is 0 Å². The maximum Gasteiger partial charge on any atom is 0.363 e. The summed E-state index contributed by atoms with van der Waals surface area (Å²) in [6.45, 7) is 5.94. The Balaban J connectivity index is 2.22. The minimum Gasteiger partial charge on any atom is -0.497 e. The lowest BCUT2D eigenvalue weighted by Crippen LogP contribution is -2.24. The number of ether oxygens (including phenoxy) is 1. The van der Waals surface area contributed by atoms with Crippen LogP contribution in [0.5, 0.6) is 5.75 Å². The number of methoxy groups -OCH3 is 1. The van der Waals surface area contributed by atoms with E-state index in [4.69, 9.17) is 4.74 Å². The molecule has 0 bridgehead atoms. The van der Waals surface area contributed by atoms with Gasteiger partial charge in [0.2, 0.25) is 0 Å². The number of H-pyrrole nitrogens is 1. The van der Waals surface area contributed by atoms with Gasteiger partial charge in [-0.1, -0.05) is 32.9 Å². The Bertz CT molecular complexity index is 731. The second kappa shape index (κ2) is 6.38. The van der Waals surface area contributed by atoms with Crippen LogP contribution in [-0.2, 0) is 5.41 Å². The quantitative estimate of drug-likeness (QED) is 0.665. The Labute approximate surface area is 128 Å². The fourth-order valence-electron chi connectivity index (χ4n) is 1.83. The fourth-order valence-corrected chi connectivity index (χ4v) is 1.83. The molecule has 0 spiro atoms. The van der Waals surface area contributed by atoms with Gasteiger partial charge < -0.3 is 4.74 Å². The molecule has 1 aromatic heterocycles. The Hall–Kier alpha value is -2.70. The van der Waals surface area contributed by atoms with Crippen molar-refractivity contribution in [1.82, 2.24) is 15.2 Å².